The van der Waals surface area contributed by atoms with Crippen LogP contribution in [-0.4, -0.2) is 54.2 Å². The second-order valence-electron chi connectivity index (χ2n) is 5.38. The molecule has 1 fully saturated rings. The average Bonchev–Trinajstić information content (AvgIpc) is 2.97. The smallest absolute Gasteiger partial charge is 0.271 e. The highest BCUT2D eigenvalue weighted by Gasteiger charge is 2.15. The predicted octanol–water partition coefficient (Wildman–Crippen LogP) is 0.980. The van der Waals surface area contributed by atoms with Crippen LogP contribution in [-0.2, 0) is 0 Å². The van der Waals surface area contributed by atoms with Crippen molar-refractivity contribution in [1.29, 1.82) is 0 Å². The number of anilines is 1. The van der Waals surface area contributed by atoms with Gasteiger partial charge in [0.1, 0.15) is 5.82 Å². The SMILES string of the molecule is CNc1ccc(C(=O)NCC(C)CN2CCCC2)nn1. The molecule has 0 aromatic carbocycles. The van der Waals surface area contributed by atoms with E-state index in [1.165, 1.54) is 25.9 Å². The molecule has 20 heavy (non-hydrogen) atoms. The van der Waals surface area contributed by atoms with Crippen LogP contribution in [0.15, 0.2) is 12.1 Å². The van der Waals surface area contributed by atoms with Gasteiger partial charge in [-0.25, -0.2) is 0 Å². The molecule has 6 nitrogen and oxygen atoms in total. The number of carbonyl (C=O) groups excluding carboxylic acids is 1. The zero-order chi connectivity index (χ0) is 14.4. The van der Waals surface area contributed by atoms with Crippen molar-refractivity contribution in [1.82, 2.24) is 20.4 Å². The molecule has 0 bridgehead atoms. The number of hydrogen-bond acceptors (Lipinski definition) is 5. The first-order chi connectivity index (χ1) is 9.69. The van der Waals surface area contributed by atoms with Gasteiger partial charge in [-0.2, -0.15) is 0 Å². The molecule has 0 saturated carbocycles. The minimum Gasteiger partial charge on any atom is -0.372 e. The molecule has 2 heterocycles. The highest BCUT2D eigenvalue weighted by Crippen LogP contribution is 2.09. The van der Waals surface area contributed by atoms with Gasteiger partial charge in [-0.1, -0.05) is 6.92 Å². The predicted molar refractivity (Wildman–Crippen MR) is 78.7 cm³/mol. The quantitative estimate of drug-likeness (QED) is 0.811. The summed E-state index contributed by atoms with van der Waals surface area (Å²) in [6, 6.07) is 3.43. The Balaban J connectivity index is 1.75. The summed E-state index contributed by atoms with van der Waals surface area (Å²) in [4.78, 5) is 14.4. The average molecular weight is 277 g/mol. The minimum atomic E-state index is -0.159. The molecule has 1 aromatic rings. The van der Waals surface area contributed by atoms with E-state index in [0.717, 1.165) is 6.54 Å². The maximum atomic E-state index is 11.9. The van der Waals surface area contributed by atoms with Crippen LogP contribution in [0.1, 0.15) is 30.3 Å². The van der Waals surface area contributed by atoms with E-state index in [2.05, 4.69) is 32.7 Å². The Labute approximate surface area is 120 Å². The van der Waals surface area contributed by atoms with Crippen molar-refractivity contribution in [2.45, 2.75) is 19.8 Å². The molecule has 6 heteroatoms. The summed E-state index contributed by atoms with van der Waals surface area (Å²) in [7, 11) is 1.77. The van der Waals surface area contributed by atoms with Crippen molar-refractivity contribution in [3.63, 3.8) is 0 Å². The number of aromatic nitrogens is 2. The maximum absolute atomic E-state index is 11.9. The van der Waals surface area contributed by atoms with Crippen LogP contribution in [0, 0.1) is 5.92 Å². The summed E-state index contributed by atoms with van der Waals surface area (Å²) in [5, 5.41) is 13.6. The molecule has 0 aliphatic carbocycles. The second-order valence-corrected chi connectivity index (χ2v) is 5.38. The number of nitrogens with zero attached hydrogens (tertiary/aromatic N) is 3. The molecule has 2 N–H and O–H groups in total. The van der Waals surface area contributed by atoms with Gasteiger partial charge in [0.25, 0.3) is 5.91 Å². The Morgan fingerprint density at radius 2 is 2.10 bits per heavy atom. The number of carbonyl (C=O) groups is 1. The zero-order valence-electron chi connectivity index (χ0n) is 12.2. The van der Waals surface area contributed by atoms with Gasteiger partial charge in [0.05, 0.1) is 0 Å². The number of amides is 1. The molecular formula is C14H23N5O. The van der Waals surface area contributed by atoms with Gasteiger partial charge in [-0.05, 0) is 44.0 Å². The van der Waals surface area contributed by atoms with Crippen LogP contribution in [0.2, 0.25) is 0 Å². The molecule has 1 amide bonds. The molecule has 1 atom stereocenters. The van der Waals surface area contributed by atoms with E-state index in [1.807, 2.05) is 0 Å². The van der Waals surface area contributed by atoms with Crippen molar-refractivity contribution >= 4 is 11.7 Å². The lowest BCUT2D eigenvalue weighted by Crippen LogP contribution is -2.34. The highest BCUT2D eigenvalue weighted by atomic mass is 16.1. The Kier molecular flexibility index (Phi) is 5.29. The van der Waals surface area contributed by atoms with E-state index < -0.39 is 0 Å². The minimum absolute atomic E-state index is 0.159. The van der Waals surface area contributed by atoms with Gasteiger partial charge >= 0.3 is 0 Å². The molecule has 1 saturated heterocycles. The molecule has 2 rings (SSSR count). The lowest BCUT2D eigenvalue weighted by molar-refractivity contribution is 0.0939. The lowest BCUT2D eigenvalue weighted by atomic mass is 10.1. The third-order valence-electron chi connectivity index (χ3n) is 3.53. The first-order valence-electron chi connectivity index (χ1n) is 7.21. The van der Waals surface area contributed by atoms with Crippen molar-refractivity contribution in [2.75, 3.05) is 38.5 Å². The van der Waals surface area contributed by atoms with Crippen molar-refractivity contribution in [3.05, 3.63) is 17.8 Å². The Morgan fingerprint density at radius 3 is 2.70 bits per heavy atom. The molecule has 1 unspecified atom stereocenters. The van der Waals surface area contributed by atoms with E-state index in [1.54, 1.807) is 19.2 Å². The summed E-state index contributed by atoms with van der Waals surface area (Å²) < 4.78 is 0. The van der Waals surface area contributed by atoms with Gasteiger partial charge in [0.15, 0.2) is 5.69 Å². The number of likely N-dealkylation sites (tertiary alicyclic amines) is 1. The van der Waals surface area contributed by atoms with Crippen LogP contribution in [0.3, 0.4) is 0 Å². The fraction of sp³-hybridized carbons (Fsp3) is 0.643. The fourth-order valence-electron chi connectivity index (χ4n) is 2.41. The zero-order valence-corrected chi connectivity index (χ0v) is 12.2. The van der Waals surface area contributed by atoms with Crippen LogP contribution < -0.4 is 10.6 Å². The lowest BCUT2D eigenvalue weighted by Gasteiger charge is -2.20. The highest BCUT2D eigenvalue weighted by molar-refractivity contribution is 5.92. The van der Waals surface area contributed by atoms with Crippen LogP contribution in [0.4, 0.5) is 5.82 Å². The Morgan fingerprint density at radius 1 is 1.35 bits per heavy atom. The van der Waals surface area contributed by atoms with Gasteiger partial charge < -0.3 is 15.5 Å². The van der Waals surface area contributed by atoms with E-state index in [4.69, 9.17) is 0 Å². The van der Waals surface area contributed by atoms with E-state index in [9.17, 15) is 4.79 Å². The fourth-order valence-corrected chi connectivity index (χ4v) is 2.41. The van der Waals surface area contributed by atoms with Gasteiger partial charge in [-0.15, -0.1) is 10.2 Å². The first-order valence-corrected chi connectivity index (χ1v) is 7.21. The summed E-state index contributed by atoms with van der Waals surface area (Å²) in [5.74, 6) is 0.943. The molecule has 1 aliphatic heterocycles. The van der Waals surface area contributed by atoms with E-state index in [-0.39, 0.29) is 5.91 Å². The van der Waals surface area contributed by atoms with Crippen LogP contribution >= 0.6 is 0 Å². The number of rotatable bonds is 6. The molecule has 0 spiro atoms. The van der Waals surface area contributed by atoms with Gasteiger partial charge in [0.2, 0.25) is 0 Å². The van der Waals surface area contributed by atoms with Crippen molar-refractivity contribution in [3.8, 4) is 0 Å². The molecular weight excluding hydrogens is 254 g/mol. The maximum Gasteiger partial charge on any atom is 0.271 e. The third kappa shape index (κ3) is 4.16. The van der Waals surface area contributed by atoms with Gasteiger partial charge in [0, 0.05) is 20.1 Å². The first kappa shape index (κ1) is 14.7. The van der Waals surface area contributed by atoms with E-state index in [0.29, 0.717) is 24.0 Å². The normalized spacial score (nSPS) is 16.9. The number of hydrogen-bond donors (Lipinski definition) is 2. The Bertz CT molecular complexity index is 428. The van der Waals surface area contributed by atoms with Crippen molar-refractivity contribution in [2.24, 2.45) is 5.92 Å². The summed E-state index contributed by atoms with van der Waals surface area (Å²) in [6.07, 6.45) is 2.60. The monoisotopic (exact) mass is 277 g/mol. The standard InChI is InChI=1S/C14H23N5O/c1-11(10-19-7-3-4-8-19)9-16-14(20)12-5-6-13(15-2)18-17-12/h5-6,11H,3-4,7-10H2,1-2H3,(H,15,18)(H,16,20). The molecule has 110 valence electrons. The second kappa shape index (κ2) is 7.19. The van der Waals surface area contributed by atoms with Crippen molar-refractivity contribution < 1.29 is 4.79 Å². The summed E-state index contributed by atoms with van der Waals surface area (Å²) >= 11 is 0. The topological polar surface area (TPSA) is 70.2 Å². The molecule has 1 aromatic heterocycles. The summed E-state index contributed by atoms with van der Waals surface area (Å²) in [5.41, 5.74) is 0.359. The molecule has 1 aliphatic rings. The summed E-state index contributed by atoms with van der Waals surface area (Å²) in [6.45, 7) is 6.26. The van der Waals surface area contributed by atoms with Crippen LogP contribution in [0.5, 0.6) is 0 Å². The largest absolute Gasteiger partial charge is 0.372 e. The van der Waals surface area contributed by atoms with Crippen LogP contribution in [0.25, 0.3) is 0 Å². The number of nitrogens with one attached hydrogen (secondary N) is 2. The molecule has 0 radical (unpaired) electrons. The third-order valence-corrected chi connectivity index (χ3v) is 3.53. The van der Waals surface area contributed by atoms with E-state index >= 15 is 0 Å². The van der Waals surface area contributed by atoms with Gasteiger partial charge in [-0.3, -0.25) is 4.79 Å². The Hall–Kier alpha value is -1.69.